The van der Waals surface area contributed by atoms with E-state index in [-0.39, 0.29) is 0 Å². The van der Waals surface area contributed by atoms with Crippen molar-refractivity contribution >= 4 is 31.9 Å². The topological polar surface area (TPSA) is 38.9 Å². The maximum atomic E-state index is 5.30. The third-order valence-electron chi connectivity index (χ3n) is 2.73. The summed E-state index contributed by atoms with van der Waals surface area (Å²) >= 11 is 7.04. The lowest BCUT2D eigenvalue weighted by Crippen LogP contribution is -1.85. The van der Waals surface area contributed by atoms with Gasteiger partial charge in [0.1, 0.15) is 5.69 Å². The molecule has 3 aromatic rings. The molecule has 3 rings (SSSR count). The van der Waals surface area contributed by atoms with E-state index in [0.717, 1.165) is 25.8 Å². The molecule has 0 aliphatic heterocycles. The summed E-state index contributed by atoms with van der Waals surface area (Å²) in [5.74, 6) is 0.666. The van der Waals surface area contributed by atoms with E-state index in [0.29, 0.717) is 5.76 Å². The fourth-order valence-electron chi connectivity index (χ4n) is 1.83. The van der Waals surface area contributed by atoms with Gasteiger partial charge in [-0.25, -0.2) is 0 Å². The van der Waals surface area contributed by atoms with Gasteiger partial charge in [0, 0.05) is 25.3 Å². The highest BCUT2D eigenvalue weighted by molar-refractivity contribution is 9.13. The first-order valence-corrected chi connectivity index (χ1v) is 7.18. The lowest BCUT2D eigenvalue weighted by molar-refractivity contribution is 0.403. The van der Waals surface area contributed by atoms with Gasteiger partial charge in [0.15, 0.2) is 5.76 Å². The number of rotatable bonds is 2. The second kappa shape index (κ2) is 5.27. The standard InChI is InChI=1S/C14H8Br2N2O/c15-11-8-4-7-10(12(11)16)13-14(19-18-17-13)9-5-2-1-3-6-9/h1-8H. The van der Waals surface area contributed by atoms with Crippen molar-refractivity contribution in [3.8, 4) is 22.6 Å². The van der Waals surface area contributed by atoms with Gasteiger partial charge in [-0.1, -0.05) is 42.5 Å². The van der Waals surface area contributed by atoms with E-state index in [9.17, 15) is 0 Å². The summed E-state index contributed by atoms with van der Waals surface area (Å²) in [6, 6.07) is 15.7. The van der Waals surface area contributed by atoms with E-state index in [1.807, 2.05) is 48.5 Å². The van der Waals surface area contributed by atoms with Crippen LogP contribution in [0.2, 0.25) is 0 Å². The van der Waals surface area contributed by atoms with Crippen molar-refractivity contribution in [2.75, 3.05) is 0 Å². The molecule has 19 heavy (non-hydrogen) atoms. The lowest BCUT2D eigenvalue weighted by atomic mass is 10.1. The second-order valence-corrected chi connectivity index (χ2v) is 5.57. The fraction of sp³-hybridized carbons (Fsp3) is 0. The van der Waals surface area contributed by atoms with Gasteiger partial charge in [0.2, 0.25) is 0 Å². The molecule has 94 valence electrons. The Hall–Kier alpha value is -1.46. The van der Waals surface area contributed by atoms with Crippen LogP contribution < -0.4 is 0 Å². The molecule has 2 aromatic carbocycles. The Morgan fingerprint density at radius 3 is 2.47 bits per heavy atom. The molecule has 0 atom stereocenters. The summed E-state index contributed by atoms with van der Waals surface area (Å²) in [6.07, 6.45) is 0. The number of aromatic nitrogens is 2. The Balaban J connectivity index is 2.18. The average Bonchev–Trinajstić information content (AvgIpc) is 2.92. The van der Waals surface area contributed by atoms with Crippen molar-refractivity contribution in [1.29, 1.82) is 0 Å². The average molecular weight is 380 g/mol. The third-order valence-corrected chi connectivity index (χ3v) is 4.78. The first-order valence-electron chi connectivity index (χ1n) is 5.59. The Kier molecular flexibility index (Phi) is 3.48. The Morgan fingerprint density at radius 2 is 1.68 bits per heavy atom. The number of hydrogen-bond acceptors (Lipinski definition) is 3. The van der Waals surface area contributed by atoms with Crippen molar-refractivity contribution in [2.45, 2.75) is 0 Å². The number of hydrogen-bond donors (Lipinski definition) is 0. The van der Waals surface area contributed by atoms with Gasteiger partial charge in [-0.05, 0) is 37.9 Å². The molecule has 0 amide bonds. The molecule has 0 radical (unpaired) electrons. The quantitative estimate of drug-likeness (QED) is 0.633. The molecule has 0 saturated heterocycles. The molecular weight excluding hydrogens is 372 g/mol. The number of halogens is 2. The van der Waals surface area contributed by atoms with E-state index < -0.39 is 0 Å². The Bertz CT molecular complexity index is 710. The van der Waals surface area contributed by atoms with Crippen LogP contribution in [0.3, 0.4) is 0 Å². The zero-order valence-corrected chi connectivity index (χ0v) is 12.8. The Morgan fingerprint density at radius 1 is 0.895 bits per heavy atom. The minimum Gasteiger partial charge on any atom is -0.336 e. The first-order chi connectivity index (χ1) is 9.27. The minimum absolute atomic E-state index is 0.666. The van der Waals surface area contributed by atoms with Crippen LogP contribution in [0.1, 0.15) is 0 Å². The molecule has 0 spiro atoms. The van der Waals surface area contributed by atoms with Crippen molar-refractivity contribution in [3.05, 3.63) is 57.5 Å². The van der Waals surface area contributed by atoms with E-state index >= 15 is 0 Å². The molecule has 0 bridgehead atoms. The monoisotopic (exact) mass is 378 g/mol. The van der Waals surface area contributed by atoms with Gasteiger partial charge in [0.05, 0.1) is 0 Å². The maximum absolute atomic E-state index is 5.30. The zero-order chi connectivity index (χ0) is 13.2. The molecule has 1 aromatic heterocycles. The van der Waals surface area contributed by atoms with Crippen molar-refractivity contribution in [3.63, 3.8) is 0 Å². The van der Waals surface area contributed by atoms with E-state index in [1.54, 1.807) is 0 Å². The van der Waals surface area contributed by atoms with Gasteiger partial charge < -0.3 is 4.52 Å². The van der Waals surface area contributed by atoms with Crippen LogP contribution in [0.25, 0.3) is 22.6 Å². The second-order valence-electron chi connectivity index (χ2n) is 3.92. The van der Waals surface area contributed by atoms with Crippen LogP contribution in [0.15, 0.2) is 62.0 Å². The predicted molar refractivity (Wildman–Crippen MR) is 80.6 cm³/mol. The van der Waals surface area contributed by atoms with Crippen molar-refractivity contribution in [2.24, 2.45) is 0 Å². The minimum atomic E-state index is 0.666. The van der Waals surface area contributed by atoms with E-state index in [2.05, 4.69) is 42.2 Å². The maximum Gasteiger partial charge on any atom is 0.195 e. The number of benzene rings is 2. The van der Waals surface area contributed by atoms with Gasteiger partial charge in [-0.3, -0.25) is 0 Å². The fourth-order valence-corrected chi connectivity index (χ4v) is 2.65. The third kappa shape index (κ3) is 2.35. The van der Waals surface area contributed by atoms with Crippen molar-refractivity contribution < 1.29 is 4.52 Å². The first kappa shape index (κ1) is 12.6. The summed E-state index contributed by atoms with van der Waals surface area (Å²) in [5.41, 5.74) is 2.61. The summed E-state index contributed by atoms with van der Waals surface area (Å²) < 4.78 is 7.20. The smallest absolute Gasteiger partial charge is 0.195 e. The van der Waals surface area contributed by atoms with E-state index in [1.165, 1.54) is 0 Å². The van der Waals surface area contributed by atoms with Gasteiger partial charge >= 0.3 is 0 Å². The summed E-state index contributed by atoms with van der Waals surface area (Å²) in [6.45, 7) is 0. The molecule has 0 unspecified atom stereocenters. The zero-order valence-electron chi connectivity index (χ0n) is 9.68. The summed E-state index contributed by atoms with van der Waals surface area (Å²) in [7, 11) is 0. The molecule has 5 heteroatoms. The van der Waals surface area contributed by atoms with Gasteiger partial charge in [-0.15, -0.1) is 5.10 Å². The van der Waals surface area contributed by atoms with Gasteiger partial charge in [-0.2, -0.15) is 0 Å². The summed E-state index contributed by atoms with van der Waals surface area (Å²) in [4.78, 5) is 0. The highest BCUT2D eigenvalue weighted by atomic mass is 79.9. The van der Waals surface area contributed by atoms with Crippen molar-refractivity contribution in [1.82, 2.24) is 10.4 Å². The van der Waals surface area contributed by atoms with Crippen LogP contribution in [-0.4, -0.2) is 10.4 Å². The van der Waals surface area contributed by atoms with Crippen LogP contribution in [-0.2, 0) is 0 Å². The number of nitrogens with zero attached hydrogens (tertiary/aromatic N) is 2. The normalized spacial score (nSPS) is 10.6. The largest absolute Gasteiger partial charge is 0.336 e. The highest BCUT2D eigenvalue weighted by Crippen LogP contribution is 2.37. The van der Waals surface area contributed by atoms with Crippen LogP contribution in [0.5, 0.6) is 0 Å². The van der Waals surface area contributed by atoms with Crippen LogP contribution >= 0.6 is 31.9 Å². The van der Waals surface area contributed by atoms with E-state index in [4.69, 9.17) is 4.52 Å². The molecule has 0 fully saturated rings. The Labute approximate surface area is 126 Å². The molecular formula is C14H8Br2N2O. The molecule has 1 heterocycles. The molecule has 0 N–H and O–H groups in total. The highest BCUT2D eigenvalue weighted by Gasteiger charge is 2.17. The summed E-state index contributed by atoms with van der Waals surface area (Å²) in [5, 5.41) is 7.78. The van der Waals surface area contributed by atoms with Crippen LogP contribution in [0, 0.1) is 0 Å². The van der Waals surface area contributed by atoms with Crippen LogP contribution in [0.4, 0.5) is 0 Å². The SMILES string of the molecule is Brc1cccc(-c2nnoc2-c2ccccc2)c1Br. The molecule has 0 aliphatic rings. The lowest BCUT2D eigenvalue weighted by Gasteiger charge is -2.04. The molecule has 3 nitrogen and oxygen atoms in total. The predicted octanol–water partition coefficient (Wildman–Crippen LogP) is 4.93. The molecule has 0 aliphatic carbocycles. The van der Waals surface area contributed by atoms with Gasteiger partial charge in [0.25, 0.3) is 0 Å². The molecule has 0 saturated carbocycles.